The fraction of sp³-hybridized carbons (Fsp3) is 0.680. The molecule has 0 saturated carbocycles. The second kappa shape index (κ2) is 15.9. The molecule has 7 nitrogen and oxygen atoms in total. The molecule has 1 rings (SSSR count). The molecular formula is C25H43N3O4. The number of nitrogens with one attached hydrogen (secondary N) is 3. The SMILES string of the molecule is CC(C)NCCOCCOCC(=O)NCc1ccc(C[C@H](NC(C)C)C(=O)C(C)C)cc1. The highest BCUT2D eigenvalue weighted by atomic mass is 16.5. The van der Waals surface area contributed by atoms with Gasteiger partial charge in [0.1, 0.15) is 6.61 Å². The minimum Gasteiger partial charge on any atom is -0.378 e. The molecule has 1 aromatic rings. The Bertz CT molecular complexity index is 660. The third-order valence-corrected chi connectivity index (χ3v) is 4.80. The summed E-state index contributed by atoms with van der Waals surface area (Å²) in [5.74, 6) is 0.0725. The zero-order valence-electron chi connectivity index (χ0n) is 20.7. The smallest absolute Gasteiger partial charge is 0.246 e. The maximum Gasteiger partial charge on any atom is 0.246 e. The van der Waals surface area contributed by atoms with E-state index in [9.17, 15) is 9.59 Å². The van der Waals surface area contributed by atoms with Gasteiger partial charge in [0.15, 0.2) is 5.78 Å². The first-order valence-electron chi connectivity index (χ1n) is 11.7. The predicted octanol–water partition coefficient (Wildman–Crippen LogP) is 2.47. The molecule has 0 spiro atoms. The van der Waals surface area contributed by atoms with Crippen LogP contribution in [0.4, 0.5) is 0 Å². The Kier molecular flexibility index (Phi) is 14.0. The molecule has 0 heterocycles. The summed E-state index contributed by atoms with van der Waals surface area (Å²) in [6.07, 6.45) is 0.658. The van der Waals surface area contributed by atoms with Crippen molar-refractivity contribution in [2.45, 2.75) is 72.6 Å². The van der Waals surface area contributed by atoms with Crippen molar-refractivity contribution in [3.05, 3.63) is 35.4 Å². The van der Waals surface area contributed by atoms with Crippen LogP contribution in [0.15, 0.2) is 24.3 Å². The summed E-state index contributed by atoms with van der Waals surface area (Å²) in [7, 11) is 0. The molecule has 0 radical (unpaired) electrons. The number of Topliss-reactive ketones (excluding diaryl/α,β-unsaturated/α-hetero) is 1. The van der Waals surface area contributed by atoms with E-state index in [1.165, 1.54) is 0 Å². The van der Waals surface area contributed by atoms with Crippen molar-refractivity contribution >= 4 is 11.7 Å². The van der Waals surface area contributed by atoms with E-state index in [4.69, 9.17) is 9.47 Å². The number of hydrogen-bond acceptors (Lipinski definition) is 6. The number of ether oxygens (including phenoxy) is 2. The number of amides is 1. The fourth-order valence-corrected chi connectivity index (χ4v) is 3.13. The topological polar surface area (TPSA) is 88.7 Å². The Morgan fingerprint density at radius 2 is 1.47 bits per heavy atom. The third-order valence-electron chi connectivity index (χ3n) is 4.80. The van der Waals surface area contributed by atoms with Gasteiger partial charge in [-0.25, -0.2) is 0 Å². The van der Waals surface area contributed by atoms with Crippen molar-refractivity contribution in [2.24, 2.45) is 5.92 Å². The Hall–Kier alpha value is -1.80. The summed E-state index contributed by atoms with van der Waals surface area (Å²) in [6, 6.07) is 8.52. The maximum atomic E-state index is 12.5. The van der Waals surface area contributed by atoms with Gasteiger partial charge in [-0.1, -0.05) is 65.8 Å². The van der Waals surface area contributed by atoms with Crippen LogP contribution in [0.5, 0.6) is 0 Å². The van der Waals surface area contributed by atoms with Crippen LogP contribution in [0, 0.1) is 5.92 Å². The summed E-state index contributed by atoms with van der Waals surface area (Å²) in [5.41, 5.74) is 2.10. The maximum absolute atomic E-state index is 12.5. The Labute approximate surface area is 194 Å². The zero-order valence-corrected chi connectivity index (χ0v) is 20.7. The Balaban J connectivity index is 2.30. The van der Waals surface area contributed by atoms with Crippen molar-refractivity contribution in [3.63, 3.8) is 0 Å². The lowest BCUT2D eigenvalue weighted by Crippen LogP contribution is -2.44. The second-order valence-electron chi connectivity index (χ2n) is 9.00. The van der Waals surface area contributed by atoms with E-state index in [-0.39, 0.29) is 36.3 Å². The summed E-state index contributed by atoms with van der Waals surface area (Å²) >= 11 is 0. The molecule has 3 N–H and O–H groups in total. The highest BCUT2D eigenvalue weighted by molar-refractivity contribution is 5.86. The molecule has 1 atom stereocenters. The van der Waals surface area contributed by atoms with E-state index in [0.29, 0.717) is 38.8 Å². The summed E-state index contributed by atoms with van der Waals surface area (Å²) in [4.78, 5) is 24.4. The first-order valence-corrected chi connectivity index (χ1v) is 11.7. The molecule has 0 saturated heterocycles. The van der Waals surface area contributed by atoms with Gasteiger partial charge in [0, 0.05) is 31.1 Å². The average Bonchev–Trinajstić information content (AvgIpc) is 2.73. The minimum atomic E-state index is -0.187. The van der Waals surface area contributed by atoms with Crippen LogP contribution in [-0.4, -0.2) is 62.8 Å². The van der Waals surface area contributed by atoms with Gasteiger partial charge in [0.2, 0.25) is 5.91 Å². The number of ketones is 1. The van der Waals surface area contributed by atoms with Crippen LogP contribution in [-0.2, 0) is 32.0 Å². The molecule has 0 aromatic heterocycles. The molecule has 32 heavy (non-hydrogen) atoms. The van der Waals surface area contributed by atoms with Gasteiger partial charge in [0.05, 0.1) is 25.9 Å². The van der Waals surface area contributed by atoms with Crippen molar-refractivity contribution in [1.29, 1.82) is 0 Å². The van der Waals surface area contributed by atoms with Crippen LogP contribution < -0.4 is 16.0 Å². The van der Waals surface area contributed by atoms with Crippen LogP contribution in [0.3, 0.4) is 0 Å². The molecule has 0 aliphatic rings. The van der Waals surface area contributed by atoms with Crippen LogP contribution in [0.25, 0.3) is 0 Å². The molecule has 0 aliphatic heterocycles. The highest BCUT2D eigenvalue weighted by Crippen LogP contribution is 2.11. The Morgan fingerprint density at radius 1 is 0.844 bits per heavy atom. The van der Waals surface area contributed by atoms with E-state index in [2.05, 4.69) is 43.6 Å². The normalized spacial score (nSPS) is 12.5. The molecule has 0 unspecified atom stereocenters. The first-order chi connectivity index (χ1) is 15.2. The Morgan fingerprint density at radius 3 is 2.06 bits per heavy atom. The second-order valence-corrected chi connectivity index (χ2v) is 9.00. The first kappa shape index (κ1) is 28.2. The van der Waals surface area contributed by atoms with Crippen molar-refractivity contribution in [3.8, 4) is 0 Å². The minimum absolute atomic E-state index is 0.00333. The van der Waals surface area contributed by atoms with Crippen molar-refractivity contribution < 1.29 is 19.1 Å². The molecule has 182 valence electrons. The third kappa shape index (κ3) is 12.9. The number of benzene rings is 1. The lowest BCUT2D eigenvalue weighted by Gasteiger charge is -2.22. The lowest BCUT2D eigenvalue weighted by molar-refractivity contribution is -0.126. The van der Waals surface area contributed by atoms with Gasteiger partial charge >= 0.3 is 0 Å². The standard InChI is InChI=1S/C25H43N3O4/c1-18(2)25(30)23(28-20(5)6)15-21-7-9-22(10-8-21)16-27-24(29)17-32-14-13-31-12-11-26-19(3)4/h7-10,18-20,23,26,28H,11-17H2,1-6H3,(H,27,29)/t23-/m0/s1. The number of hydrogen-bond donors (Lipinski definition) is 3. The lowest BCUT2D eigenvalue weighted by atomic mass is 9.95. The van der Waals surface area contributed by atoms with Crippen LogP contribution >= 0.6 is 0 Å². The van der Waals surface area contributed by atoms with Crippen molar-refractivity contribution in [1.82, 2.24) is 16.0 Å². The van der Waals surface area contributed by atoms with Gasteiger partial charge in [-0.3, -0.25) is 9.59 Å². The van der Waals surface area contributed by atoms with E-state index >= 15 is 0 Å². The number of carbonyl (C=O) groups is 2. The van der Waals surface area contributed by atoms with E-state index < -0.39 is 0 Å². The molecular weight excluding hydrogens is 406 g/mol. The van der Waals surface area contributed by atoms with Crippen LogP contribution in [0.2, 0.25) is 0 Å². The predicted molar refractivity (Wildman–Crippen MR) is 129 cm³/mol. The monoisotopic (exact) mass is 449 g/mol. The van der Waals surface area contributed by atoms with Gasteiger partial charge in [-0.05, 0) is 17.5 Å². The molecule has 0 fully saturated rings. The van der Waals surface area contributed by atoms with E-state index in [1.54, 1.807) is 0 Å². The van der Waals surface area contributed by atoms with Crippen molar-refractivity contribution in [2.75, 3.05) is 33.0 Å². The fourth-order valence-electron chi connectivity index (χ4n) is 3.13. The van der Waals surface area contributed by atoms with Gasteiger partial charge in [-0.2, -0.15) is 0 Å². The summed E-state index contributed by atoms with van der Waals surface area (Å²) < 4.78 is 10.8. The molecule has 0 aliphatic carbocycles. The summed E-state index contributed by atoms with van der Waals surface area (Å²) in [6.45, 7) is 14.9. The van der Waals surface area contributed by atoms with Gasteiger partial charge in [-0.15, -0.1) is 0 Å². The van der Waals surface area contributed by atoms with Gasteiger partial charge in [0.25, 0.3) is 0 Å². The molecule has 7 heteroatoms. The average molecular weight is 450 g/mol. The van der Waals surface area contributed by atoms with E-state index in [0.717, 1.165) is 17.7 Å². The zero-order chi connectivity index (χ0) is 23.9. The largest absolute Gasteiger partial charge is 0.378 e. The van der Waals surface area contributed by atoms with Gasteiger partial charge < -0.3 is 25.4 Å². The highest BCUT2D eigenvalue weighted by Gasteiger charge is 2.22. The number of carbonyl (C=O) groups excluding carboxylic acids is 2. The van der Waals surface area contributed by atoms with Crippen LogP contribution in [0.1, 0.15) is 52.7 Å². The molecule has 1 aromatic carbocycles. The summed E-state index contributed by atoms with van der Waals surface area (Å²) in [5, 5.41) is 9.50. The van der Waals surface area contributed by atoms with E-state index in [1.807, 2.05) is 38.1 Å². The molecule has 0 bridgehead atoms. The molecule has 1 amide bonds. The number of rotatable bonds is 17. The quantitative estimate of drug-likeness (QED) is 0.317.